The molecule has 0 radical (unpaired) electrons. The van der Waals surface area contributed by atoms with Crippen LogP contribution >= 0.6 is 0 Å². The highest BCUT2D eigenvalue weighted by atomic mass is 16.6. The SMILES string of the molecule is CCCCCCC/C=C\C/C=C\CCCCCCCCCCCCCCCCCCCCCCCCCC(=O)OCC(COC(=O)CCCCCCCCCCCC)OC(=O)CCCCCCCCCCCCCCCC. The van der Waals surface area contributed by atoms with Gasteiger partial charge in [-0.25, -0.2) is 0 Å². The molecule has 0 bridgehead atoms. The largest absolute Gasteiger partial charge is 0.462 e. The van der Waals surface area contributed by atoms with Gasteiger partial charge < -0.3 is 14.2 Å². The smallest absolute Gasteiger partial charge is 0.306 e. The van der Waals surface area contributed by atoms with Gasteiger partial charge in [0.25, 0.3) is 0 Å². The Bertz CT molecular complexity index is 1240. The highest BCUT2D eigenvalue weighted by Crippen LogP contribution is 2.19. The molecule has 0 amide bonds. The van der Waals surface area contributed by atoms with Crippen LogP contribution in [-0.2, 0) is 28.6 Å². The second-order valence-electron chi connectivity index (χ2n) is 23.8. The summed E-state index contributed by atoms with van der Waals surface area (Å²) in [6.45, 7) is 6.68. The van der Waals surface area contributed by atoms with Crippen LogP contribution < -0.4 is 0 Å². The summed E-state index contributed by atoms with van der Waals surface area (Å²) in [6, 6.07) is 0. The van der Waals surface area contributed by atoms with E-state index >= 15 is 0 Å². The number of hydrogen-bond donors (Lipinski definition) is 0. The van der Waals surface area contributed by atoms with E-state index in [4.69, 9.17) is 14.2 Å². The number of hydrogen-bond acceptors (Lipinski definition) is 6. The van der Waals surface area contributed by atoms with Gasteiger partial charge in [-0.2, -0.15) is 0 Å². The summed E-state index contributed by atoms with van der Waals surface area (Å²) in [6.07, 6.45) is 80.9. The molecular formula is C71H134O6. The third-order valence-corrected chi connectivity index (χ3v) is 16.0. The average Bonchev–Trinajstić information content (AvgIpc) is 3.43. The number of carbonyl (C=O) groups is 3. The van der Waals surface area contributed by atoms with Crippen molar-refractivity contribution in [1.82, 2.24) is 0 Å². The molecule has 0 aliphatic carbocycles. The first-order chi connectivity index (χ1) is 38.0. The van der Waals surface area contributed by atoms with E-state index in [-0.39, 0.29) is 31.1 Å². The van der Waals surface area contributed by atoms with Crippen molar-refractivity contribution in [2.24, 2.45) is 0 Å². The van der Waals surface area contributed by atoms with E-state index in [1.165, 1.54) is 289 Å². The van der Waals surface area contributed by atoms with Crippen molar-refractivity contribution in [2.45, 2.75) is 399 Å². The fourth-order valence-electron chi connectivity index (χ4n) is 10.7. The molecule has 454 valence electrons. The molecule has 0 N–H and O–H groups in total. The summed E-state index contributed by atoms with van der Waals surface area (Å²) in [5.41, 5.74) is 0. The van der Waals surface area contributed by atoms with Gasteiger partial charge in [-0.1, -0.05) is 347 Å². The molecule has 1 unspecified atom stereocenters. The summed E-state index contributed by atoms with van der Waals surface area (Å²) < 4.78 is 16.9. The molecule has 1 atom stereocenters. The highest BCUT2D eigenvalue weighted by molar-refractivity contribution is 5.71. The summed E-state index contributed by atoms with van der Waals surface area (Å²) in [4.78, 5) is 38.2. The zero-order valence-electron chi connectivity index (χ0n) is 52.3. The van der Waals surface area contributed by atoms with Crippen LogP contribution in [0, 0.1) is 0 Å². The quantitative estimate of drug-likeness (QED) is 0.0261. The number of ether oxygens (including phenoxy) is 3. The standard InChI is InChI=1S/C71H134O6/c1-4-7-10-13-16-19-22-24-26-27-28-29-30-31-32-33-34-35-36-37-38-39-40-41-42-43-44-45-46-48-49-52-55-58-61-64-70(73)76-67-68(66-75-69(72)63-60-57-54-51-21-18-15-12-9-6-3)77-71(74)65-62-59-56-53-50-47-25-23-20-17-14-11-8-5-2/h22,24,27-28,68H,4-21,23,25-26,29-67H2,1-3H3/b24-22-,28-27-. The summed E-state index contributed by atoms with van der Waals surface area (Å²) in [5.74, 6) is -0.836. The minimum Gasteiger partial charge on any atom is -0.462 e. The van der Waals surface area contributed by atoms with E-state index in [2.05, 4.69) is 45.1 Å². The van der Waals surface area contributed by atoms with E-state index in [1.54, 1.807) is 0 Å². The van der Waals surface area contributed by atoms with Gasteiger partial charge in [0, 0.05) is 19.3 Å². The lowest BCUT2D eigenvalue weighted by atomic mass is 10.0. The maximum atomic E-state index is 12.9. The van der Waals surface area contributed by atoms with Gasteiger partial charge in [0.05, 0.1) is 0 Å². The van der Waals surface area contributed by atoms with Gasteiger partial charge in [-0.3, -0.25) is 14.4 Å². The number of unbranched alkanes of at least 4 members (excludes halogenated alkanes) is 50. The molecule has 0 aromatic rings. The van der Waals surface area contributed by atoms with Crippen LogP contribution in [0.3, 0.4) is 0 Å². The minimum absolute atomic E-state index is 0.0631. The Morgan fingerprint density at radius 1 is 0.260 bits per heavy atom. The third kappa shape index (κ3) is 64.6. The molecule has 77 heavy (non-hydrogen) atoms. The molecule has 0 aliphatic rings. The first kappa shape index (κ1) is 74.9. The second-order valence-corrected chi connectivity index (χ2v) is 23.8. The number of rotatable bonds is 65. The van der Waals surface area contributed by atoms with E-state index in [0.29, 0.717) is 19.3 Å². The molecule has 0 fully saturated rings. The van der Waals surface area contributed by atoms with Crippen molar-refractivity contribution in [1.29, 1.82) is 0 Å². The first-order valence-electron chi connectivity index (χ1n) is 34.8. The maximum Gasteiger partial charge on any atom is 0.306 e. The van der Waals surface area contributed by atoms with Crippen molar-refractivity contribution in [3.8, 4) is 0 Å². The monoisotopic (exact) mass is 1080 g/mol. The molecule has 0 saturated heterocycles. The molecule has 6 heteroatoms. The predicted octanol–water partition coefficient (Wildman–Crippen LogP) is 23.8. The molecular weight excluding hydrogens is 949 g/mol. The van der Waals surface area contributed by atoms with Crippen LogP contribution in [0.15, 0.2) is 24.3 Å². The Morgan fingerprint density at radius 2 is 0.468 bits per heavy atom. The van der Waals surface area contributed by atoms with Crippen LogP contribution in [0.25, 0.3) is 0 Å². The van der Waals surface area contributed by atoms with Crippen LogP contribution in [0.2, 0.25) is 0 Å². The average molecular weight is 1080 g/mol. The van der Waals surface area contributed by atoms with Gasteiger partial charge in [-0.15, -0.1) is 0 Å². The number of allylic oxidation sites excluding steroid dienone is 4. The van der Waals surface area contributed by atoms with Gasteiger partial charge in [0.2, 0.25) is 0 Å². The van der Waals surface area contributed by atoms with E-state index < -0.39 is 6.10 Å². The van der Waals surface area contributed by atoms with Crippen molar-refractivity contribution >= 4 is 17.9 Å². The van der Waals surface area contributed by atoms with Crippen molar-refractivity contribution in [3.63, 3.8) is 0 Å². The Labute approximate surface area is 481 Å². The molecule has 0 aromatic heterocycles. The minimum atomic E-state index is -0.763. The Morgan fingerprint density at radius 3 is 0.714 bits per heavy atom. The maximum absolute atomic E-state index is 12.9. The lowest BCUT2D eigenvalue weighted by Crippen LogP contribution is -2.30. The normalized spacial score (nSPS) is 12.1. The zero-order chi connectivity index (χ0) is 55.7. The summed E-state index contributed by atoms with van der Waals surface area (Å²) >= 11 is 0. The van der Waals surface area contributed by atoms with Crippen LogP contribution in [-0.4, -0.2) is 37.2 Å². The molecule has 6 nitrogen and oxygen atoms in total. The van der Waals surface area contributed by atoms with E-state index in [1.807, 2.05) is 0 Å². The molecule has 0 heterocycles. The molecule has 0 aromatic carbocycles. The number of esters is 3. The van der Waals surface area contributed by atoms with Gasteiger partial charge in [0.1, 0.15) is 13.2 Å². The van der Waals surface area contributed by atoms with Crippen molar-refractivity contribution < 1.29 is 28.6 Å². The number of carbonyl (C=O) groups excluding carboxylic acids is 3. The van der Waals surface area contributed by atoms with Crippen LogP contribution in [0.1, 0.15) is 393 Å². The van der Waals surface area contributed by atoms with Crippen LogP contribution in [0.4, 0.5) is 0 Å². The lowest BCUT2D eigenvalue weighted by Gasteiger charge is -2.18. The van der Waals surface area contributed by atoms with Crippen LogP contribution in [0.5, 0.6) is 0 Å². The van der Waals surface area contributed by atoms with Gasteiger partial charge in [0.15, 0.2) is 6.10 Å². The third-order valence-electron chi connectivity index (χ3n) is 16.0. The molecule has 0 aliphatic heterocycles. The second kappa shape index (κ2) is 66.4. The lowest BCUT2D eigenvalue weighted by molar-refractivity contribution is -0.167. The summed E-state index contributed by atoms with van der Waals surface area (Å²) in [7, 11) is 0. The Balaban J connectivity index is 3.96. The fraction of sp³-hybridized carbons (Fsp3) is 0.901. The molecule has 0 rings (SSSR count). The highest BCUT2D eigenvalue weighted by Gasteiger charge is 2.19. The van der Waals surface area contributed by atoms with Gasteiger partial charge in [-0.05, 0) is 51.4 Å². The zero-order valence-corrected chi connectivity index (χ0v) is 52.3. The van der Waals surface area contributed by atoms with Crippen molar-refractivity contribution in [3.05, 3.63) is 24.3 Å². The predicted molar refractivity (Wildman–Crippen MR) is 335 cm³/mol. The topological polar surface area (TPSA) is 78.9 Å². The van der Waals surface area contributed by atoms with Crippen molar-refractivity contribution in [2.75, 3.05) is 13.2 Å². The van der Waals surface area contributed by atoms with E-state index in [0.717, 1.165) is 64.2 Å². The Kier molecular flexibility index (Phi) is 64.6. The van der Waals surface area contributed by atoms with Gasteiger partial charge >= 0.3 is 17.9 Å². The summed E-state index contributed by atoms with van der Waals surface area (Å²) in [5, 5.41) is 0. The molecule has 0 spiro atoms. The Hall–Kier alpha value is -2.11. The molecule has 0 saturated carbocycles. The van der Waals surface area contributed by atoms with E-state index in [9.17, 15) is 14.4 Å². The first-order valence-corrected chi connectivity index (χ1v) is 34.8. The fourth-order valence-corrected chi connectivity index (χ4v) is 10.7.